The minimum atomic E-state index is -1.29. The van der Waals surface area contributed by atoms with E-state index in [0.717, 1.165) is 5.56 Å². The maximum Gasteiger partial charge on any atom is 0.407 e. The second-order valence-corrected chi connectivity index (χ2v) is 6.24. The molecule has 2 aromatic rings. The minimum absolute atomic E-state index is 0.0757. The monoisotopic (exact) mass is 381 g/mol. The SMILES string of the molecule is Cc1c(F)ccc(C(O)C(O)CCNC(=O)OCc2ccccc2)c1Cl. The molecule has 7 heteroatoms. The van der Waals surface area contributed by atoms with E-state index in [1.165, 1.54) is 19.1 Å². The highest BCUT2D eigenvalue weighted by molar-refractivity contribution is 6.32. The van der Waals surface area contributed by atoms with E-state index < -0.39 is 24.1 Å². The fourth-order valence-electron chi connectivity index (χ4n) is 2.37. The Morgan fingerprint density at radius 2 is 1.92 bits per heavy atom. The van der Waals surface area contributed by atoms with Gasteiger partial charge in [0.2, 0.25) is 0 Å². The number of benzene rings is 2. The standard InChI is InChI=1S/C19H21ClFNO4/c1-12-15(21)8-7-14(17(12)20)18(24)16(23)9-10-22-19(25)26-11-13-5-3-2-4-6-13/h2-8,16,18,23-24H,9-11H2,1H3,(H,22,25). The van der Waals surface area contributed by atoms with Crippen molar-refractivity contribution < 1.29 is 24.1 Å². The van der Waals surface area contributed by atoms with Crippen molar-refractivity contribution in [3.8, 4) is 0 Å². The molecule has 0 saturated heterocycles. The zero-order valence-electron chi connectivity index (χ0n) is 14.3. The number of rotatable bonds is 7. The third-order valence-corrected chi connectivity index (χ3v) is 4.46. The van der Waals surface area contributed by atoms with Crippen LogP contribution in [-0.4, -0.2) is 29.0 Å². The van der Waals surface area contributed by atoms with E-state index in [2.05, 4.69) is 5.32 Å². The average Bonchev–Trinajstić information content (AvgIpc) is 2.65. The predicted molar refractivity (Wildman–Crippen MR) is 96.4 cm³/mol. The lowest BCUT2D eigenvalue weighted by atomic mass is 10.00. The molecular formula is C19H21ClFNO4. The highest BCUT2D eigenvalue weighted by Crippen LogP contribution is 2.30. The number of nitrogens with one attached hydrogen (secondary N) is 1. The number of carbonyl (C=O) groups excluding carboxylic acids is 1. The topological polar surface area (TPSA) is 78.8 Å². The van der Waals surface area contributed by atoms with E-state index in [0.29, 0.717) is 0 Å². The van der Waals surface area contributed by atoms with Crippen molar-refractivity contribution in [1.82, 2.24) is 5.32 Å². The number of ether oxygens (including phenoxy) is 1. The van der Waals surface area contributed by atoms with Gasteiger partial charge in [-0.2, -0.15) is 0 Å². The smallest absolute Gasteiger partial charge is 0.407 e. The predicted octanol–water partition coefficient (Wildman–Crippen LogP) is 3.50. The van der Waals surface area contributed by atoms with Crippen molar-refractivity contribution in [3.63, 3.8) is 0 Å². The number of halogens is 2. The van der Waals surface area contributed by atoms with Crippen LogP contribution >= 0.6 is 11.6 Å². The Kier molecular flexibility index (Phi) is 7.38. The van der Waals surface area contributed by atoms with Crippen molar-refractivity contribution in [2.24, 2.45) is 0 Å². The van der Waals surface area contributed by atoms with Gasteiger partial charge in [-0.05, 0) is 25.0 Å². The molecule has 0 aliphatic rings. The third-order valence-electron chi connectivity index (χ3n) is 3.96. The molecule has 0 radical (unpaired) electrons. The van der Waals surface area contributed by atoms with Crippen molar-refractivity contribution in [3.05, 3.63) is 70.0 Å². The Balaban J connectivity index is 1.78. The summed E-state index contributed by atoms with van der Waals surface area (Å²) in [6, 6.07) is 11.7. The van der Waals surface area contributed by atoms with Crippen LogP contribution in [0.1, 0.15) is 29.2 Å². The molecule has 0 aromatic heterocycles. The molecule has 0 spiro atoms. The van der Waals surface area contributed by atoms with Gasteiger partial charge in [0.1, 0.15) is 18.5 Å². The molecule has 3 N–H and O–H groups in total. The molecule has 26 heavy (non-hydrogen) atoms. The van der Waals surface area contributed by atoms with Crippen LogP contribution in [0.5, 0.6) is 0 Å². The van der Waals surface area contributed by atoms with E-state index in [9.17, 15) is 19.4 Å². The van der Waals surface area contributed by atoms with E-state index >= 15 is 0 Å². The van der Waals surface area contributed by atoms with Crippen LogP contribution in [0.4, 0.5) is 9.18 Å². The summed E-state index contributed by atoms with van der Waals surface area (Å²) in [6.45, 7) is 1.73. The molecule has 2 aromatic carbocycles. The lowest BCUT2D eigenvalue weighted by Crippen LogP contribution is -2.30. The lowest BCUT2D eigenvalue weighted by molar-refractivity contribution is 0.0136. The summed E-state index contributed by atoms with van der Waals surface area (Å²) in [5, 5.41) is 22.9. The molecule has 0 aliphatic heterocycles. The number of aliphatic hydroxyl groups is 2. The van der Waals surface area contributed by atoms with E-state index in [-0.39, 0.29) is 35.7 Å². The molecule has 0 fully saturated rings. The van der Waals surface area contributed by atoms with Crippen LogP contribution in [0.15, 0.2) is 42.5 Å². The third kappa shape index (κ3) is 5.42. The van der Waals surface area contributed by atoms with Crippen molar-refractivity contribution in [2.45, 2.75) is 32.2 Å². The number of amides is 1. The first kappa shape index (κ1) is 20.2. The second-order valence-electron chi connectivity index (χ2n) is 5.86. The van der Waals surface area contributed by atoms with Crippen LogP contribution in [0.2, 0.25) is 5.02 Å². The van der Waals surface area contributed by atoms with Gasteiger partial charge < -0.3 is 20.3 Å². The van der Waals surface area contributed by atoms with Crippen LogP contribution in [0.3, 0.4) is 0 Å². The molecule has 140 valence electrons. The summed E-state index contributed by atoms with van der Waals surface area (Å²) in [5.74, 6) is -0.483. The van der Waals surface area contributed by atoms with Crippen LogP contribution in [0.25, 0.3) is 0 Å². The summed E-state index contributed by atoms with van der Waals surface area (Å²) in [6.07, 6.45) is -3.00. The summed E-state index contributed by atoms with van der Waals surface area (Å²) in [4.78, 5) is 11.6. The van der Waals surface area contributed by atoms with E-state index in [1.807, 2.05) is 30.3 Å². The number of alkyl carbamates (subject to hydrolysis) is 1. The number of hydrogen-bond donors (Lipinski definition) is 3. The van der Waals surface area contributed by atoms with Gasteiger partial charge in [0, 0.05) is 17.7 Å². The Morgan fingerprint density at radius 1 is 1.23 bits per heavy atom. The Bertz CT molecular complexity index is 742. The average molecular weight is 382 g/mol. The van der Waals surface area contributed by atoms with Crippen LogP contribution < -0.4 is 5.32 Å². The fourth-order valence-corrected chi connectivity index (χ4v) is 2.64. The Hall–Kier alpha value is -2.15. The first-order chi connectivity index (χ1) is 12.4. The summed E-state index contributed by atoms with van der Waals surface area (Å²) in [7, 11) is 0. The molecule has 0 saturated carbocycles. The summed E-state index contributed by atoms with van der Waals surface area (Å²) < 4.78 is 18.5. The molecule has 2 rings (SSSR count). The molecular weight excluding hydrogens is 361 g/mol. The number of carbonyl (C=O) groups is 1. The summed E-state index contributed by atoms with van der Waals surface area (Å²) in [5.41, 5.74) is 1.31. The Morgan fingerprint density at radius 3 is 2.62 bits per heavy atom. The maximum atomic E-state index is 13.4. The highest BCUT2D eigenvalue weighted by atomic mass is 35.5. The van der Waals surface area contributed by atoms with Gasteiger partial charge in [0.05, 0.1) is 11.1 Å². The zero-order chi connectivity index (χ0) is 19.1. The molecule has 5 nitrogen and oxygen atoms in total. The van der Waals surface area contributed by atoms with Gasteiger partial charge in [-0.1, -0.05) is 48.0 Å². The largest absolute Gasteiger partial charge is 0.445 e. The normalized spacial score (nSPS) is 13.1. The molecule has 2 unspecified atom stereocenters. The fraction of sp³-hybridized carbons (Fsp3) is 0.316. The lowest BCUT2D eigenvalue weighted by Gasteiger charge is -2.20. The van der Waals surface area contributed by atoms with Crippen molar-refractivity contribution >= 4 is 17.7 Å². The molecule has 1 amide bonds. The highest BCUT2D eigenvalue weighted by Gasteiger charge is 2.22. The maximum absolute atomic E-state index is 13.4. The molecule has 2 atom stereocenters. The number of hydrogen-bond acceptors (Lipinski definition) is 4. The van der Waals surface area contributed by atoms with Gasteiger partial charge in [-0.25, -0.2) is 9.18 Å². The number of aliphatic hydroxyl groups excluding tert-OH is 2. The molecule has 0 aliphatic carbocycles. The summed E-state index contributed by atoms with van der Waals surface area (Å²) >= 11 is 6.02. The van der Waals surface area contributed by atoms with E-state index in [1.54, 1.807) is 0 Å². The Labute approximate surface area is 156 Å². The van der Waals surface area contributed by atoms with Gasteiger partial charge in [0.15, 0.2) is 0 Å². The van der Waals surface area contributed by atoms with Crippen LogP contribution in [0, 0.1) is 12.7 Å². The zero-order valence-corrected chi connectivity index (χ0v) is 15.0. The molecule has 0 bridgehead atoms. The van der Waals surface area contributed by atoms with Gasteiger partial charge in [-0.15, -0.1) is 0 Å². The quantitative estimate of drug-likeness (QED) is 0.686. The van der Waals surface area contributed by atoms with Gasteiger partial charge >= 0.3 is 6.09 Å². The van der Waals surface area contributed by atoms with E-state index in [4.69, 9.17) is 16.3 Å². The van der Waals surface area contributed by atoms with Crippen molar-refractivity contribution in [1.29, 1.82) is 0 Å². The second kappa shape index (κ2) is 9.52. The first-order valence-corrected chi connectivity index (χ1v) is 8.53. The van der Waals surface area contributed by atoms with Crippen molar-refractivity contribution in [2.75, 3.05) is 6.54 Å². The van der Waals surface area contributed by atoms with Crippen LogP contribution in [-0.2, 0) is 11.3 Å². The first-order valence-electron chi connectivity index (χ1n) is 8.15. The van der Waals surface area contributed by atoms with Gasteiger partial charge in [-0.3, -0.25) is 0 Å². The minimum Gasteiger partial charge on any atom is -0.445 e. The molecule has 0 heterocycles. The van der Waals surface area contributed by atoms with Gasteiger partial charge in [0.25, 0.3) is 0 Å².